The third-order valence-electron chi connectivity index (χ3n) is 3.55. The van der Waals surface area contributed by atoms with E-state index in [9.17, 15) is 0 Å². The summed E-state index contributed by atoms with van der Waals surface area (Å²) in [7, 11) is 0. The molecular weight excluding hydrogens is 296 g/mol. The Morgan fingerprint density at radius 3 is 2.41 bits per heavy atom. The van der Waals surface area contributed by atoms with Gasteiger partial charge in [0.15, 0.2) is 0 Å². The molecular formula is C17H23ClN4. The first kappa shape index (κ1) is 17.9. The topological polar surface area (TPSA) is 87.9 Å². The van der Waals surface area contributed by atoms with Crippen LogP contribution in [-0.4, -0.2) is 12.4 Å². The second kappa shape index (κ2) is 8.29. The molecule has 22 heavy (non-hydrogen) atoms. The summed E-state index contributed by atoms with van der Waals surface area (Å²) in [5, 5.41) is 11.1. The van der Waals surface area contributed by atoms with Crippen molar-refractivity contribution in [1.82, 2.24) is 0 Å². The van der Waals surface area contributed by atoms with Crippen LogP contribution in [0, 0.1) is 5.41 Å². The zero-order valence-corrected chi connectivity index (χ0v) is 13.5. The first-order chi connectivity index (χ1) is 10.1. The van der Waals surface area contributed by atoms with Gasteiger partial charge in [-0.05, 0) is 36.1 Å². The summed E-state index contributed by atoms with van der Waals surface area (Å²) in [4.78, 5) is 0. The molecule has 0 saturated carbocycles. The molecule has 0 aliphatic heterocycles. The molecule has 2 aromatic rings. The number of amidine groups is 1. The van der Waals surface area contributed by atoms with Gasteiger partial charge in [0.05, 0.1) is 11.4 Å². The third-order valence-corrected chi connectivity index (χ3v) is 3.55. The number of nitrogen functional groups attached to an aromatic ring is 2. The van der Waals surface area contributed by atoms with Crippen molar-refractivity contribution in [2.75, 3.05) is 17.6 Å². The molecule has 0 unspecified atom stereocenters. The molecule has 0 amide bonds. The molecule has 0 radical (unpaired) electrons. The van der Waals surface area contributed by atoms with E-state index in [1.54, 1.807) is 6.07 Å². The van der Waals surface area contributed by atoms with E-state index in [1.165, 1.54) is 5.56 Å². The maximum atomic E-state index is 7.67. The highest BCUT2D eigenvalue weighted by Crippen LogP contribution is 2.27. The van der Waals surface area contributed by atoms with Crippen LogP contribution < -0.4 is 16.8 Å². The molecule has 2 aromatic carbocycles. The summed E-state index contributed by atoms with van der Waals surface area (Å²) in [5.74, 6) is 0.0814. The summed E-state index contributed by atoms with van der Waals surface area (Å²) in [6.45, 7) is 2.84. The van der Waals surface area contributed by atoms with Gasteiger partial charge in [-0.3, -0.25) is 5.41 Å². The summed E-state index contributed by atoms with van der Waals surface area (Å²) in [6, 6.07) is 13.9. The fourth-order valence-electron chi connectivity index (χ4n) is 2.47. The fourth-order valence-corrected chi connectivity index (χ4v) is 2.47. The molecule has 0 spiro atoms. The first-order valence-corrected chi connectivity index (χ1v) is 7.17. The molecule has 0 heterocycles. The Bertz CT molecular complexity index is 626. The zero-order chi connectivity index (χ0) is 15.2. The van der Waals surface area contributed by atoms with Gasteiger partial charge in [0.25, 0.3) is 0 Å². The average molecular weight is 319 g/mol. The van der Waals surface area contributed by atoms with Gasteiger partial charge < -0.3 is 16.8 Å². The molecule has 2 rings (SSSR count). The standard InChI is InChI=1S/C17H22N4.ClH/c1-2-13-14(17(19)20)8-9-15(18)16(13)21-11-10-12-6-4-3-5-7-12;/h3-9,21H,2,10-11,18H2,1H3,(H3,19,20);1H. The number of nitrogens with one attached hydrogen (secondary N) is 2. The van der Waals surface area contributed by atoms with E-state index in [-0.39, 0.29) is 18.2 Å². The van der Waals surface area contributed by atoms with Gasteiger partial charge in [0.2, 0.25) is 0 Å². The van der Waals surface area contributed by atoms with Gasteiger partial charge in [-0.1, -0.05) is 37.3 Å². The monoisotopic (exact) mass is 318 g/mol. The minimum Gasteiger partial charge on any atom is -0.397 e. The van der Waals surface area contributed by atoms with E-state index < -0.39 is 0 Å². The summed E-state index contributed by atoms with van der Waals surface area (Å²) >= 11 is 0. The molecule has 118 valence electrons. The number of rotatable bonds is 6. The molecule has 0 aliphatic carbocycles. The second-order valence-corrected chi connectivity index (χ2v) is 4.99. The normalized spacial score (nSPS) is 9.86. The van der Waals surface area contributed by atoms with Crippen LogP contribution in [-0.2, 0) is 12.8 Å². The van der Waals surface area contributed by atoms with Crippen molar-refractivity contribution in [3.63, 3.8) is 0 Å². The largest absolute Gasteiger partial charge is 0.397 e. The van der Waals surface area contributed by atoms with E-state index in [1.807, 2.05) is 31.2 Å². The van der Waals surface area contributed by atoms with E-state index in [0.717, 1.165) is 36.2 Å². The molecule has 0 saturated heterocycles. The number of anilines is 2. The lowest BCUT2D eigenvalue weighted by molar-refractivity contribution is 1.01. The van der Waals surface area contributed by atoms with Crippen LogP contribution in [0.5, 0.6) is 0 Å². The van der Waals surface area contributed by atoms with Crippen molar-refractivity contribution >= 4 is 29.6 Å². The van der Waals surface area contributed by atoms with E-state index >= 15 is 0 Å². The Morgan fingerprint density at radius 2 is 1.82 bits per heavy atom. The molecule has 6 N–H and O–H groups in total. The van der Waals surface area contributed by atoms with Crippen LogP contribution in [0.1, 0.15) is 23.6 Å². The van der Waals surface area contributed by atoms with Crippen molar-refractivity contribution in [3.05, 3.63) is 59.2 Å². The first-order valence-electron chi connectivity index (χ1n) is 7.17. The molecule has 4 nitrogen and oxygen atoms in total. The fraction of sp³-hybridized carbons (Fsp3) is 0.235. The quantitative estimate of drug-likeness (QED) is 0.375. The molecule has 0 bridgehead atoms. The smallest absolute Gasteiger partial charge is 0.123 e. The van der Waals surface area contributed by atoms with Crippen molar-refractivity contribution in [3.8, 4) is 0 Å². The Morgan fingerprint density at radius 1 is 1.14 bits per heavy atom. The highest BCUT2D eigenvalue weighted by molar-refractivity contribution is 5.99. The van der Waals surface area contributed by atoms with Crippen LogP contribution in [0.2, 0.25) is 0 Å². The van der Waals surface area contributed by atoms with Crippen molar-refractivity contribution in [1.29, 1.82) is 5.41 Å². The van der Waals surface area contributed by atoms with E-state index in [0.29, 0.717) is 5.69 Å². The highest BCUT2D eigenvalue weighted by Gasteiger charge is 2.12. The maximum Gasteiger partial charge on any atom is 0.123 e. The Balaban J connectivity index is 0.00000242. The molecule has 0 atom stereocenters. The minimum absolute atomic E-state index is 0. The van der Waals surface area contributed by atoms with Gasteiger partial charge in [0.1, 0.15) is 5.84 Å². The van der Waals surface area contributed by atoms with Gasteiger partial charge in [-0.15, -0.1) is 12.4 Å². The minimum atomic E-state index is 0. The molecule has 0 fully saturated rings. The second-order valence-electron chi connectivity index (χ2n) is 4.99. The lowest BCUT2D eigenvalue weighted by Crippen LogP contribution is -2.17. The summed E-state index contributed by atoms with van der Waals surface area (Å²) < 4.78 is 0. The van der Waals surface area contributed by atoms with Crippen LogP contribution in [0.4, 0.5) is 11.4 Å². The van der Waals surface area contributed by atoms with Gasteiger partial charge in [-0.25, -0.2) is 0 Å². The van der Waals surface area contributed by atoms with E-state index in [2.05, 4.69) is 17.4 Å². The van der Waals surface area contributed by atoms with Gasteiger partial charge >= 0.3 is 0 Å². The summed E-state index contributed by atoms with van der Waals surface area (Å²) in [5.41, 5.74) is 16.4. The van der Waals surface area contributed by atoms with Crippen molar-refractivity contribution in [2.45, 2.75) is 19.8 Å². The number of nitrogens with two attached hydrogens (primary N) is 2. The number of hydrogen-bond acceptors (Lipinski definition) is 3. The molecule has 5 heteroatoms. The van der Waals surface area contributed by atoms with Crippen LogP contribution >= 0.6 is 12.4 Å². The van der Waals surface area contributed by atoms with Gasteiger partial charge in [-0.2, -0.15) is 0 Å². The zero-order valence-electron chi connectivity index (χ0n) is 12.7. The lowest BCUT2D eigenvalue weighted by Gasteiger charge is -2.17. The number of hydrogen-bond donors (Lipinski definition) is 4. The van der Waals surface area contributed by atoms with Crippen LogP contribution in [0.25, 0.3) is 0 Å². The van der Waals surface area contributed by atoms with E-state index in [4.69, 9.17) is 16.9 Å². The Labute approximate surface area is 137 Å². The highest BCUT2D eigenvalue weighted by atomic mass is 35.5. The number of benzene rings is 2. The molecule has 0 aromatic heterocycles. The predicted octanol–water partition coefficient (Wildman–Crippen LogP) is 3.19. The average Bonchev–Trinajstić information content (AvgIpc) is 2.49. The van der Waals surface area contributed by atoms with Gasteiger partial charge in [0, 0.05) is 12.1 Å². The predicted molar refractivity (Wildman–Crippen MR) is 97.1 cm³/mol. The van der Waals surface area contributed by atoms with Crippen LogP contribution in [0.15, 0.2) is 42.5 Å². The third kappa shape index (κ3) is 4.15. The SMILES string of the molecule is CCc1c(C(=N)N)ccc(N)c1NCCc1ccccc1.Cl. The molecule has 0 aliphatic rings. The Hall–Kier alpha value is -2.20. The van der Waals surface area contributed by atoms with Crippen LogP contribution in [0.3, 0.4) is 0 Å². The van der Waals surface area contributed by atoms with Crippen molar-refractivity contribution < 1.29 is 0 Å². The summed E-state index contributed by atoms with van der Waals surface area (Å²) in [6.07, 6.45) is 1.71. The maximum absolute atomic E-state index is 7.67. The Kier molecular flexibility index (Phi) is 6.73. The number of halogens is 1. The van der Waals surface area contributed by atoms with Crippen molar-refractivity contribution in [2.24, 2.45) is 5.73 Å². The lowest BCUT2D eigenvalue weighted by atomic mass is 10.0.